The van der Waals surface area contributed by atoms with Gasteiger partial charge < -0.3 is 10.8 Å². The zero-order valence-electron chi connectivity index (χ0n) is 7.07. The van der Waals surface area contributed by atoms with Crippen molar-refractivity contribution in [2.24, 2.45) is 10.7 Å². The van der Waals surface area contributed by atoms with Gasteiger partial charge in [0.15, 0.2) is 0 Å². The highest BCUT2D eigenvalue weighted by atomic mass is 16.3. The molecular weight excluding hydrogens is 154 g/mol. The van der Waals surface area contributed by atoms with Gasteiger partial charge in [-0.15, -0.1) is 0 Å². The average Bonchev–Trinajstić information content (AvgIpc) is 2.03. The minimum Gasteiger partial charge on any atom is -0.506 e. The zero-order valence-corrected chi connectivity index (χ0v) is 7.07. The van der Waals surface area contributed by atoms with Crippen molar-refractivity contribution in [1.82, 2.24) is 4.98 Å². The van der Waals surface area contributed by atoms with Crippen LogP contribution in [0.1, 0.15) is 11.3 Å². The summed E-state index contributed by atoms with van der Waals surface area (Å²) in [6, 6.07) is 1.60. The molecule has 12 heavy (non-hydrogen) atoms. The fourth-order valence-electron chi connectivity index (χ4n) is 0.857. The van der Waals surface area contributed by atoms with Gasteiger partial charge in [-0.25, -0.2) is 4.98 Å². The Balaban J connectivity index is 3.18. The topological polar surface area (TPSA) is 71.5 Å². The van der Waals surface area contributed by atoms with E-state index in [4.69, 9.17) is 5.73 Å². The van der Waals surface area contributed by atoms with Crippen LogP contribution in [-0.2, 0) is 0 Å². The molecule has 0 aromatic carbocycles. The summed E-state index contributed by atoms with van der Waals surface area (Å²) in [5, 5.41) is 9.37. The Hall–Kier alpha value is -1.58. The number of aliphatic imine (C=N–C) groups is 1. The number of aryl methyl sites for hydroxylation is 1. The normalized spacial score (nSPS) is 11.7. The van der Waals surface area contributed by atoms with Gasteiger partial charge in [0, 0.05) is 13.2 Å². The van der Waals surface area contributed by atoms with Crippen LogP contribution in [0.4, 0.5) is 0 Å². The van der Waals surface area contributed by atoms with Gasteiger partial charge in [0.25, 0.3) is 0 Å². The van der Waals surface area contributed by atoms with E-state index in [1.54, 1.807) is 19.3 Å². The van der Waals surface area contributed by atoms with E-state index in [1.807, 2.05) is 6.92 Å². The Morgan fingerprint density at radius 1 is 1.67 bits per heavy atom. The second kappa shape index (κ2) is 3.21. The van der Waals surface area contributed by atoms with Gasteiger partial charge in [-0.05, 0) is 18.6 Å². The Bertz CT molecular complexity index is 320. The summed E-state index contributed by atoms with van der Waals surface area (Å²) in [6.45, 7) is 1.84. The third kappa shape index (κ3) is 1.53. The first-order valence-corrected chi connectivity index (χ1v) is 3.53. The summed E-state index contributed by atoms with van der Waals surface area (Å²) >= 11 is 0. The molecule has 1 aromatic heterocycles. The molecule has 3 N–H and O–H groups in total. The monoisotopic (exact) mass is 165 g/mol. The van der Waals surface area contributed by atoms with Crippen LogP contribution in [0.2, 0.25) is 0 Å². The van der Waals surface area contributed by atoms with Gasteiger partial charge in [0.2, 0.25) is 0 Å². The molecular formula is C8H11N3O. The molecule has 0 spiro atoms. The molecule has 1 heterocycles. The molecule has 0 aliphatic heterocycles. The number of aromatic nitrogens is 1. The van der Waals surface area contributed by atoms with Gasteiger partial charge in [-0.2, -0.15) is 0 Å². The molecule has 4 heteroatoms. The summed E-state index contributed by atoms with van der Waals surface area (Å²) < 4.78 is 0. The molecule has 1 aromatic rings. The van der Waals surface area contributed by atoms with E-state index >= 15 is 0 Å². The predicted molar refractivity (Wildman–Crippen MR) is 47.3 cm³/mol. The number of pyridine rings is 1. The lowest BCUT2D eigenvalue weighted by molar-refractivity contribution is 0.470. The van der Waals surface area contributed by atoms with Crippen molar-refractivity contribution < 1.29 is 5.11 Å². The summed E-state index contributed by atoms with van der Waals surface area (Å²) in [7, 11) is 1.55. The van der Waals surface area contributed by atoms with Gasteiger partial charge in [0.1, 0.15) is 17.3 Å². The van der Waals surface area contributed by atoms with Crippen LogP contribution in [0, 0.1) is 6.92 Å². The predicted octanol–water partition coefficient (Wildman–Crippen LogP) is 0.431. The van der Waals surface area contributed by atoms with Crippen LogP contribution in [0.15, 0.2) is 17.3 Å². The number of amidine groups is 1. The molecule has 64 valence electrons. The summed E-state index contributed by atoms with van der Waals surface area (Å²) in [5.74, 6) is 0.311. The number of nitrogens with zero attached hydrogens (tertiary/aromatic N) is 2. The maximum absolute atomic E-state index is 9.37. The van der Waals surface area contributed by atoms with E-state index in [9.17, 15) is 5.11 Å². The second-order valence-electron chi connectivity index (χ2n) is 2.49. The van der Waals surface area contributed by atoms with Gasteiger partial charge in [0.05, 0.1) is 0 Å². The van der Waals surface area contributed by atoms with Crippen LogP contribution < -0.4 is 5.73 Å². The van der Waals surface area contributed by atoms with Crippen molar-refractivity contribution in [2.45, 2.75) is 6.92 Å². The van der Waals surface area contributed by atoms with Gasteiger partial charge >= 0.3 is 0 Å². The first kappa shape index (κ1) is 8.52. The fourth-order valence-corrected chi connectivity index (χ4v) is 0.857. The highest BCUT2D eigenvalue weighted by Gasteiger charge is 2.05. The molecule has 0 fully saturated rings. The van der Waals surface area contributed by atoms with Crippen molar-refractivity contribution in [3.63, 3.8) is 0 Å². The second-order valence-corrected chi connectivity index (χ2v) is 2.49. The van der Waals surface area contributed by atoms with Crippen LogP contribution >= 0.6 is 0 Å². The first-order valence-electron chi connectivity index (χ1n) is 3.53. The van der Waals surface area contributed by atoms with Crippen molar-refractivity contribution in [1.29, 1.82) is 0 Å². The SMILES string of the molecule is CN=C(N)c1ncc(C)cc1O. The molecule has 0 atom stereocenters. The largest absolute Gasteiger partial charge is 0.506 e. The number of hydrogen-bond donors (Lipinski definition) is 2. The molecule has 0 bridgehead atoms. The third-order valence-corrected chi connectivity index (χ3v) is 1.49. The Morgan fingerprint density at radius 2 is 2.33 bits per heavy atom. The molecule has 4 nitrogen and oxygen atoms in total. The van der Waals surface area contributed by atoms with E-state index in [0.717, 1.165) is 5.56 Å². The van der Waals surface area contributed by atoms with E-state index < -0.39 is 0 Å². The number of rotatable bonds is 1. The Labute approximate surface area is 70.8 Å². The minimum absolute atomic E-state index is 0.0677. The molecule has 0 amide bonds. The Morgan fingerprint density at radius 3 is 2.83 bits per heavy atom. The van der Waals surface area contributed by atoms with E-state index in [-0.39, 0.29) is 11.6 Å². The van der Waals surface area contributed by atoms with Gasteiger partial charge in [-0.3, -0.25) is 4.99 Å². The number of nitrogens with two attached hydrogens (primary N) is 1. The standard InChI is InChI=1S/C8H11N3O/c1-5-3-6(12)7(11-4-5)8(9)10-2/h3-4,12H,1-2H3,(H2,9,10). The van der Waals surface area contributed by atoms with E-state index in [2.05, 4.69) is 9.98 Å². The molecule has 0 aliphatic rings. The number of hydrogen-bond acceptors (Lipinski definition) is 3. The molecule has 0 saturated carbocycles. The van der Waals surface area contributed by atoms with Crippen LogP contribution in [0.3, 0.4) is 0 Å². The van der Waals surface area contributed by atoms with Crippen molar-refractivity contribution in [2.75, 3.05) is 7.05 Å². The highest BCUT2D eigenvalue weighted by molar-refractivity contribution is 5.97. The lowest BCUT2D eigenvalue weighted by atomic mass is 10.2. The lowest BCUT2D eigenvalue weighted by Gasteiger charge is -2.02. The number of aromatic hydroxyl groups is 1. The van der Waals surface area contributed by atoms with Crippen molar-refractivity contribution >= 4 is 5.84 Å². The summed E-state index contributed by atoms with van der Waals surface area (Å²) in [6.07, 6.45) is 1.63. The van der Waals surface area contributed by atoms with Crippen LogP contribution in [-0.4, -0.2) is 23.0 Å². The molecule has 0 saturated heterocycles. The summed E-state index contributed by atoms with van der Waals surface area (Å²) in [4.78, 5) is 7.66. The quantitative estimate of drug-likeness (QED) is 0.468. The van der Waals surface area contributed by atoms with Crippen molar-refractivity contribution in [3.8, 4) is 5.75 Å². The lowest BCUT2D eigenvalue weighted by Crippen LogP contribution is -2.14. The maximum atomic E-state index is 9.37. The molecule has 0 aliphatic carbocycles. The van der Waals surface area contributed by atoms with Crippen molar-refractivity contribution in [3.05, 3.63) is 23.5 Å². The molecule has 1 rings (SSSR count). The average molecular weight is 165 g/mol. The summed E-state index contributed by atoms with van der Waals surface area (Å²) in [5.41, 5.74) is 6.70. The minimum atomic E-state index is 0.0677. The van der Waals surface area contributed by atoms with Gasteiger partial charge in [-0.1, -0.05) is 0 Å². The zero-order chi connectivity index (χ0) is 9.14. The third-order valence-electron chi connectivity index (χ3n) is 1.49. The van der Waals surface area contributed by atoms with E-state index in [0.29, 0.717) is 5.69 Å². The Kier molecular flexibility index (Phi) is 2.28. The van der Waals surface area contributed by atoms with E-state index in [1.165, 1.54) is 0 Å². The van der Waals surface area contributed by atoms with Crippen LogP contribution in [0.25, 0.3) is 0 Å². The maximum Gasteiger partial charge on any atom is 0.148 e. The first-order chi connectivity index (χ1) is 5.65. The molecule has 0 unspecified atom stereocenters. The highest BCUT2D eigenvalue weighted by Crippen LogP contribution is 2.14. The fraction of sp³-hybridized carbons (Fsp3) is 0.250. The van der Waals surface area contributed by atoms with Crippen LogP contribution in [0.5, 0.6) is 5.75 Å². The smallest absolute Gasteiger partial charge is 0.148 e. The molecule has 0 radical (unpaired) electrons.